The quantitative estimate of drug-likeness (QED) is 0.396. The first kappa shape index (κ1) is 21.8. The summed E-state index contributed by atoms with van der Waals surface area (Å²) in [6.07, 6.45) is 4.11. The van der Waals surface area contributed by atoms with E-state index in [0.717, 1.165) is 39.9 Å². The lowest BCUT2D eigenvalue weighted by molar-refractivity contribution is -0.122. The Kier molecular flexibility index (Phi) is 7.21. The minimum atomic E-state index is -0.587. The Hall–Kier alpha value is -2.43. The van der Waals surface area contributed by atoms with E-state index in [1.807, 2.05) is 54.6 Å². The second kappa shape index (κ2) is 10.3. The van der Waals surface area contributed by atoms with Crippen LogP contribution in [0.5, 0.6) is 5.75 Å². The molecule has 0 saturated carbocycles. The van der Waals surface area contributed by atoms with Gasteiger partial charge in [-0.05, 0) is 85.7 Å². The fraction of sp³-hybridized carbons (Fsp3) is 0.269. The maximum absolute atomic E-state index is 12.8. The van der Waals surface area contributed by atoms with Crippen LogP contribution in [0.4, 0.5) is 5.69 Å². The van der Waals surface area contributed by atoms with Gasteiger partial charge in [0, 0.05) is 15.7 Å². The molecule has 0 fully saturated rings. The summed E-state index contributed by atoms with van der Waals surface area (Å²) in [4.78, 5) is 13.8. The first-order chi connectivity index (χ1) is 15.1. The number of fused-ring (bicyclic) bond motifs is 1. The number of hydrogen-bond acceptors (Lipinski definition) is 3. The van der Waals surface area contributed by atoms with Gasteiger partial charge < -0.3 is 10.1 Å². The van der Waals surface area contributed by atoms with E-state index in [1.165, 1.54) is 29.5 Å². The summed E-state index contributed by atoms with van der Waals surface area (Å²) in [6, 6.07) is 21.9. The van der Waals surface area contributed by atoms with Crippen LogP contribution in [-0.2, 0) is 23.4 Å². The van der Waals surface area contributed by atoms with Crippen molar-refractivity contribution in [3.05, 3.63) is 88.4 Å². The van der Waals surface area contributed by atoms with Crippen molar-refractivity contribution in [1.29, 1.82) is 0 Å². The number of carbonyl (C=O) groups excluding carboxylic acids is 1. The zero-order chi connectivity index (χ0) is 21.6. The maximum Gasteiger partial charge on any atom is 0.265 e. The van der Waals surface area contributed by atoms with Crippen molar-refractivity contribution in [1.82, 2.24) is 0 Å². The van der Waals surface area contributed by atoms with Crippen LogP contribution >= 0.6 is 23.4 Å². The number of aryl methyl sites for hydroxylation is 2. The van der Waals surface area contributed by atoms with Gasteiger partial charge in [0.05, 0.1) is 5.69 Å². The summed E-state index contributed by atoms with van der Waals surface area (Å²) in [7, 11) is 0. The lowest BCUT2D eigenvalue weighted by Crippen LogP contribution is -2.30. The molecule has 0 heterocycles. The van der Waals surface area contributed by atoms with Gasteiger partial charge in [-0.1, -0.05) is 41.9 Å². The normalized spacial score (nSPS) is 13.9. The number of benzene rings is 3. The molecular weight excluding hydrogens is 426 g/mol. The fourth-order valence-electron chi connectivity index (χ4n) is 3.71. The fourth-order valence-corrected chi connectivity index (χ4v) is 4.80. The van der Waals surface area contributed by atoms with Crippen LogP contribution in [0.25, 0.3) is 0 Å². The van der Waals surface area contributed by atoms with E-state index in [1.54, 1.807) is 18.7 Å². The highest BCUT2D eigenvalue weighted by atomic mass is 35.5. The topological polar surface area (TPSA) is 38.3 Å². The SMILES string of the molecule is C[C@H](Oc1ccc2c(c1)CCCC2)C(=O)Nc1ccccc1SCc1ccc(Cl)cc1. The summed E-state index contributed by atoms with van der Waals surface area (Å²) in [5, 5.41) is 3.76. The van der Waals surface area contributed by atoms with Gasteiger partial charge in [-0.15, -0.1) is 11.8 Å². The molecule has 5 heteroatoms. The van der Waals surface area contributed by atoms with E-state index in [0.29, 0.717) is 0 Å². The molecule has 31 heavy (non-hydrogen) atoms. The van der Waals surface area contributed by atoms with Gasteiger partial charge in [-0.2, -0.15) is 0 Å². The predicted octanol–water partition coefficient (Wildman–Crippen LogP) is 6.92. The zero-order valence-corrected chi connectivity index (χ0v) is 19.1. The van der Waals surface area contributed by atoms with Crippen LogP contribution in [0, 0.1) is 0 Å². The van der Waals surface area contributed by atoms with Crippen molar-refractivity contribution in [2.45, 2.75) is 49.4 Å². The van der Waals surface area contributed by atoms with E-state index in [9.17, 15) is 4.79 Å². The van der Waals surface area contributed by atoms with Gasteiger partial charge in [-0.3, -0.25) is 4.79 Å². The Bertz CT molecular complexity index is 1050. The second-order valence-electron chi connectivity index (χ2n) is 7.80. The van der Waals surface area contributed by atoms with Gasteiger partial charge in [0.2, 0.25) is 0 Å². The Morgan fingerprint density at radius 2 is 1.77 bits per heavy atom. The summed E-state index contributed by atoms with van der Waals surface area (Å²) >= 11 is 7.65. The predicted molar refractivity (Wildman–Crippen MR) is 129 cm³/mol. The third-order valence-corrected chi connectivity index (χ3v) is 6.85. The standard InChI is InChI=1S/C26H26ClNO2S/c1-18(30-23-15-12-20-6-2-3-7-21(20)16-23)26(29)28-24-8-4-5-9-25(24)31-17-19-10-13-22(27)14-11-19/h4-5,8-16,18H,2-3,6-7,17H2,1H3,(H,28,29)/t18-/m0/s1. The van der Waals surface area contributed by atoms with Crippen LogP contribution in [0.2, 0.25) is 5.02 Å². The molecule has 0 radical (unpaired) electrons. The van der Waals surface area contributed by atoms with Crippen LogP contribution in [0.1, 0.15) is 36.5 Å². The molecule has 0 aliphatic heterocycles. The second-order valence-corrected chi connectivity index (χ2v) is 9.25. The van der Waals surface area contributed by atoms with E-state index >= 15 is 0 Å². The maximum atomic E-state index is 12.8. The number of hydrogen-bond donors (Lipinski definition) is 1. The van der Waals surface area contributed by atoms with Crippen molar-refractivity contribution in [3.8, 4) is 5.75 Å². The number of anilines is 1. The van der Waals surface area contributed by atoms with Crippen molar-refractivity contribution >= 4 is 35.0 Å². The zero-order valence-electron chi connectivity index (χ0n) is 17.6. The molecule has 4 rings (SSSR count). The molecule has 1 N–H and O–H groups in total. The number of halogens is 1. The highest BCUT2D eigenvalue weighted by Crippen LogP contribution is 2.31. The van der Waals surface area contributed by atoms with Gasteiger partial charge in [0.25, 0.3) is 5.91 Å². The van der Waals surface area contributed by atoms with Crippen molar-refractivity contribution < 1.29 is 9.53 Å². The first-order valence-electron chi connectivity index (χ1n) is 10.6. The molecule has 3 aromatic carbocycles. The molecule has 0 bridgehead atoms. The minimum Gasteiger partial charge on any atom is -0.481 e. The number of ether oxygens (including phenoxy) is 1. The molecular formula is C26H26ClNO2S. The smallest absolute Gasteiger partial charge is 0.265 e. The van der Waals surface area contributed by atoms with Crippen LogP contribution in [0.15, 0.2) is 71.6 Å². The van der Waals surface area contributed by atoms with E-state index < -0.39 is 6.10 Å². The summed E-state index contributed by atoms with van der Waals surface area (Å²) in [5.74, 6) is 1.40. The van der Waals surface area contributed by atoms with Gasteiger partial charge in [0.1, 0.15) is 5.75 Å². The molecule has 3 nitrogen and oxygen atoms in total. The van der Waals surface area contributed by atoms with Gasteiger partial charge >= 0.3 is 0 Å². The number of amides is 1. The molecule has 0 spiro atoms. The first-order valence-corrected chi connectivity index (χ1v) is 12.0. The summed E-state index contributed by atoms with van der Waals surface area (Å²) in [6.45, 7) is 1.79. The summed E-state index contributed by atoms with van der Waals surface area (Å²) in [5.41, 5.74) is 4.73. The van der Waals surface area contributed by atoms with Crippen molar-refractivity contribution in [2.75, 3.05) is 5.32 Å². The molecule has 1 atom stereocenters. The number of para-hydroxylation sites is 1. The van der Waals surface area contributed by atoms with E-state index in [-0.39, 0.29) is 5.91 Å². The average molecular weight is 452 g/mol. The molecule has 3 aromatic rings. The third kappa shape index (κ3) is 5.84. The lowest BCUT2D eigenvalue weighted by Gasteiger charge is -2.19. The number of thioether (sulfide) groups is 1. The number of carbonyl (C=O) groups is 1. The Morgan fingerprint density at radius 1 is 1.03 bits per heavy atom. The van der Waals surface area contributed by atoms with Gasteiger partial charge in [-0.25, -0.2) is 0 Å². The molecule has 1 amide bonds. The Balaban J connectivity index is 1.38. The lowest BCUT2D eigenvalue weighted by atomic mass is 9.92. The highest BCUT2D eigenvalue weighted by molar-refractivity contribution is 7.98. The van der Waals surface area contributed by atoms with Crippen LogP contribution < -0.4 is 10.1 Å². The molecule has 1 aliphatic rings. The van der Waals surface area contributed by atoms with Crippen molar-refractivity contribution in [2.24, 2.45) is 0 Å². The molecule has 0 saturated heterocycles. The molecule has 160 valence electrons. The highest BCUT2D eigenvalue weighted by Gasteiger charge is 2.18. The Labute approximate surface area is 193 Å². The summed E-state index contributed by atoms with van der Waals surface area (Å²) < 4.78 is 5.96. The number of nitrogens with one attached hydrogen (secondary N) is 1. The van der Waals surface area contributed by atoms with E-state index in [2.05, 4.69) is 17.4 Å². The van der Waals surface area contributed by atoms with Crippen molar-refractivity contribution in [3.63, 3.8) is 0 Å². The molecule has 0 aromatic heterocycles. The van der Waals surface area contributed by atoms with Crippen LogP contribution in [0.3, 0.4) is 0 Å². The Morgan fingerprint density at radius 3 is 2.58 bits per heavy atom. The van der Waals surface area contributed by atoms with E-state index in [4.69, 9.17) is 16.3 Å². The monoisotopic (exact) mass is 451 g/mol. The molecule has 1 aliphatic carbocycles. The largest absolute Gasteiger partial charge is 0.481 e. The van der Waals surface area contributed by atoms with Crippen LogP contribution in [-0.4, -0.2) is 12.0 Å². The van der Waals surface area contributed by atoms with Gasteiger partial charge in [0.15, 0.2) is 6.10 Å². The number of rotatable bonds is 7. The minimum absolute atomic E-state index is 0.155. The molecule has 0 unspecified atom stereocenters. The third-order valence-electron chi connectivity index (χ3n) is 5.45. The average Bonchev–Trinajstić information content (AvgIpc) is 2.79.